The average molecular weight is 361 g/mol. The van der Waals surface area contributed by atoms with Crippen LogP contribution < -0.4 is 9.47 Å². The fourth-order valence-corrected chi connectivity index (χ4v) is 2.46. The van der Waals surface area contributed by atoms with Crippen molar-refractivity contribution >= 4 is 11.9 Å². The van der Waals surface area contributed by atoms with Gasteiger partial charge in [0.25, 0.3) is 5.91 Å². The second kappa shape index (κ2) is 8.94. The van der Waals surface area contributed by atoms with Gasteiger partial charge in [0.15, 0.2) is 5.76 Å². The Bertz CT molecular complexity index is 767. The highest BCUT2D eigenvalue weighted by Gasteiger charge is 2.19. The van der Waals surface area contributed by atoms with E-state index in [4.69, 9.17) is 18.6 Å². The summed E-state index contributed by atoms with van der Waals surface area (Å²) in [6.45, 7) is 1.85. The molecule has 0 radical (unpaired) electrons. The molecule has 0 saturated carbocycles. The fourth-order valence-electron chi connectivity index (χ4n) is 2.46. The number of hydrogen-bond donors (Lipinski definition) is 0. The van der Waals surface area contributed by atoms with Gasteiger partial charge in [-0.2, -0.15) is 0 Å². The van der Waals surface area contributed by atoms with Crippen molar-refractivity contribution < 1.29 is 28.2 Å². The lowest BCUT2D eigenvalue weighted by Gasteiger charge is -2.14. The maximum absolute atomic E-state index is 12.4. The number of likely N-dealkylation sites (N-methyl/N-ethyl adjacent to an activating group) is 1. The first kappa shape index (κ1) is 19.4. The van der Waals surface area contributed by atoms with Crippen LogP contribution in [0.3, 0.4) is 0 Å². The van der Waals surface area contributed by atoms with E-state index in [-0.39, 0.29) is 24.8 Å². The summed E-state index contributed by atoms with van der Waals surface area (Å²) in [6.07, 6.45) is 0.440. The summed E-state index contributed by atoms with van der Waals surface area (Å²) >= 11 is 0. The summed E-state index contributed by atoms with van der Waals surface area (Å²) in [6, 6.07) is 8.80. The number of esters is 1. The maximum atomic E-state index is 12.4. The molecule has 0 aliphatic rings. The van der Waals surface area contributed by atoms with Gasteiger partial charge < -0.3 is 23.5 Å². The fraction of sp³-hybridized carbons (Fsp3) is 0.368. The van der Waals surface area contributed by atoms with Crippen molar-refractivity contribution in [3.8, 4) is 11.5 Å². The zero-order valence-corrected chi connectivity index (χ0v) is 15.4. The van der Waals surface area contributed by atoms with E-state index in [0.29, 0.717) is 23.7 Å². The van der Waals surface area contributed by atoms with Crippen molar-refractivity contribution in [1.82, 2.24) is 4.90 Å². The first-order chi connectivity index (χ1) is 12.5. The van der Waals surface area contributed by atoms with E-state index in [9.17, 15) is 9.59 Å². The number of methoxy groups -OCH3 is 2. The van der Waals surface area contributed by atoms with Gasteiger partial charge in [0.05, 0.1) is 20.8 Å². The molecule has 0 unspecified atom stereocenters. The Morgan fingerprint density at radius 1 is 1.12 bits per heavy atom. The number of furan rings is 1. The van der Waals surface area contributed by atoms with Gasteiger partial charge in [-0.25, -0.2) is 0 Å². The predicted molar refractivity (Wildman–Crippen MR) is 94.7 cm³/mol. The smallest absolute Gasteiger partial charge is 0.325 e. The van der Waals surface area contributed by atoms with Crippen LogP contribution in [0.4, 0.5) is 0 Å². The summed E-state index contributed by atoms with van der Waals surface area (Å²) in [5, 5.41) is 0. The van der Waals surface area contributed by atoms with Crippen molar-refractivity contribution in [1.29, 1.82) is 0 Å². The molecule has 0 aliphatic heterocycles. The molecule has 0 fully saturated rings. The zero-order chi connectivity index (χ0) is 19.1. The summed E-state index contributed by atoms with van der Waals surface area (Å²) in [5.41, 5.74) is 0.875. The van der Waals surface area contributed by atoms with E-state index in [2.05, 4.69) is 0 Å². The minimum Gasteiger partial charge on any atom is -0.497 e. The van der Waals surface area contributed by atoms with E-state index in [1.54, 1.807) is 33.3 Å². The van der Waals surface area contributed by atoms with E-state index in [0.717, 1.165) is 5.56 Å². The monoisotopic (exact) mass is 361 g/mol. The quantitative estimate of drug-likeness (QED) is 0.673. The predicted octanol–water partition coefficient (Wildman–Crippen LogP) is 2.52. The van der Waals surface area contributed by atoms with Gasteiger partial charge in [0.2, 0.25) is 0 Å². The molecule has 140 valence electrons. The van der Waals surface area contributed by atoms with E-state index in [1.165, 1.54) is 11.9 Å². The normalized spacial score (nSPS) is 10.3. The summed E-state index contributed by atoms with van der Waals surface area (Å²) in [7, 11) is 4.70. The molecule has 0 spiro atoms. The van der Waals surface area contributed by atoms with Crippen LogP contribution >= 0.6 is 0 Å². The molecule has 2 aromatic rings. The number of rotatable bonds is 8. The van der Waals surface area contributed by atoms with Crippen LogP contribution in [-0.4, -0.2) is 51.2 Å². The molecular formula is C19H23NO6. The zero-order valence-electron chi connectivity index (χ0n) is 15.4. The van der Waals surface area contributed by atoms with Crippen LogP contribution in [0.25, 0.3) is 0 Å². The van der Waals surface area contributed by atoms with E-state index in [1.807, 2.05) is 18.2 Å². The van der Waals surface area contributed by atoms with Gasteiger partial charge in [0.1, 0.15) is 23.8 Å². The Morgan fingerprint density at radius 3 is 2.54 bits per heavy atom. The van der Waals surface area contributed by atoms with Crippen molar-refractivity contribution in [2.24, 2.45) is 0 Å². The Balaban J connectivity index is 2.10. The van der Waals surface area contributed by atoms with Gasteiger partial charge in [-0.3, -0.25) is 9.59 Å². The van der Waals surface area contributed by atoms with E-state index < -0.39 is 5.97 Å². The summed E-state index contributed by atoms with van der Waals surface area (Å²) in [4.78, 5) is 25.1. The number of amides is 1. The maximum Gasteiger partial charge on any atom is 0.325 e. The van der Waals surface area contributed by atoms with Crippen LogP contribution in [-0.2, 0) is 16.0 Å². The SMILES string of the molecule is CCOC(=O)CN(C)C(=O)c1ccc(Cc2cc(OC)ccc2OC)o1. The van der Waals surface area contributed by atoms with Gasteiger partial charge >= 0.3 is 5.97 Å². The molecule has 0 saturated heterocycles. The highest BCUT2D eigenvalue weighted by atomic mass is 16.5. The Kier molecular flexibility index (Phi) is 6.66. The molecule has 0 aliphatic carbocycles. The van der Waals surface area contributed by atoms with Crippen molar-refractivity contribution in [2.75, 3.05) is 34.4 Å². The third-order valence-electron chi connectivity index (χ3n) is 3.74. The molecule has 1 heterocycles. The second-order valence-electron chi connectivity index (χ2n) is 5.59. The lowest BCUT2D eigenvalue weighted by Crippen LogP contribution is -2.32. The number of carbonyl (C=O) groups excluding carboxylic acids is 2. The first-order valence-corrected chi connectivity index (χ1v) is 8.19. The van der Waals surface area contributed by atoms with Crippen LogP contribution in [0.15, 0.2) is 34.7 Å². The van der Waals surface area contributed by atoms with Crippen LogP contribution in [0.1, 0.15) is 28.8 Å². The lowest BCUT2D eigenvalue weighted by molar-refractivity contribution is -0.143. The van der Waals surface area contributed by atoms with Gasteiger partial charge in [-0.05, 0) is 37.3 Å². The van der Waals surface area contributed by atoms with Crippen molar-refractivity contribution in [3.63, 3.8) is 0 Å². The minimum atomic E-state index is -0.462. The van der Waals surface area contributed by atoms with Crippen LogP contribution in [0.2, 0.25) is 0 Å². The molecule has 1 amide bonds. The molecule has 7 heteroatoms. The molecule has 26 heavy (non-hydrogen) atoms. The highest BCUT2D eigenvalue weighted by Crippen LogP contribution is 2.27. The molecule has 0 bridgehead atoms. The standard InChI is InChI=1S/C19H23NO6/c1-5-25-18(21)12-20(2)19(22)17-9-7-15(26-17)11-13-10-14(23-3)6-8-16(13)24-4/h6-10H,5,11-12H2,1-4H3. The first-order valence-electron chi connectivity index (χ1n) is 8.19. The van der Waals surface area contributed by atoms with E-state index >= 15 is 0 Å². The number of benzene rings is 1. The third-order valence-corrected chi connectivity index (χ3v) is 3.74. The number of nitrogens with zero attached hydrogens (tertiary/aromatic N) is 1. The molecule has 0 atom stereocenters. The number of carbonyl (C=O) groups is 2. The Labute approximate surface area is 152 Å². The van der Waals surface area contributed by atoms with Crippen LogP contribution in [0.5, 0.6) is 11.5 Å². The second-order valence-corrected chi connectivity index (χ2v) is 5.59. The molecule has 1 aromatic carbocycles. The summed E-state index contributed by atoms with van der Waals surface area (Å²) < 4.78 is 21.1. The molecule has 1 aromatic heterocycles. The van der Waals surface area contributed by atoms with Crippen molar-refractivity contribution in [2.45, 2.75) is 13.3 Å². The Hall–Kier alpha value is -2.96. The molecule has 7 nitrogen and oxygen atoms in total. The summed E-state index contributed by atoms with van der Waals surface area (Å²) in [5.74, 6) is 1.32. The highest BCUT2D eigenvalue weighted by molar-refractivity contribution is 5.93. The minimum absolute atomic E-state index is 0.133. The number of ether oxygens (including phenoxy) is 3. The van der Waals surface area contributed by atoms with Gasteiger partial charge in [-0.1, -0.05) is 0 Å². The van der Waals surface area contributed by atoms with Crippen LogP contribution in [0, 0.1) is 0 Å². The lowest BCUT2D eigenvalue weighted by atomic mass is 10.1. The average Bonchev–Trinajstić information content (AvgIpc) is 3.09. The third kappa shape index (κ3) is 4.78. The number of hydrogen-bond acceptors (Lipinski definition) is 6. The molecule has 2 rings (SSSR count). The molecular weight excluding hydrogens is 338 g/mol. The Morgan fingerprint density at radius 2 is 1.88 bits per heavy atom. The molecule has 0 N–H and O–H groups in total. The van der Waals surface area contributed by atoms with Gasteiger partial charge in [0, 0.05) is 19.0 Å². The largest absolute Gasteiger partial charge is 0.497 e. The van der Waals surface area contributed by atoms with Gasteiger partial charge in [-0.15, -0.1) is 0 Å². The van der Waals surface area contributed by atoms with Crippen molar-refractivity contribution in [3.05, 3.63) is 47.4 Å². The topological polar surface area (TPSA) is 78.2 Å².